The Kier molecular flexibility index (Phi) is 3.11. The average Bonchev–Trinajstić information content (AvgIpc) is 2.92. The highest BCUT2D eigenvalue weighted by atomic mass is 16.1. The molecule has 0 aromatic carbocycles. The zero-order valence-corrected chi connectivity index (χ0v) is 13.8. The van der Waals surface area contributed by atoms with Crippen LogP contribution in [0.5, 0.6) is 0 Å². The van der Waals surface area contributed by atoms with Crippen molar-refractivity contribution in [3.63, 3.8) is 0 Å². The lowest BCUT2D eigenvalue weighted by Crippen LogP contribution is -2.49. The number of H-pyrrole nitrogens is 1. The van der Waals surface area contributed by atoms with Gasteiger partial charge in [-0.2, -0.15) is 5.10 Å². The van der Waals surface area contributed by atoms with Crippen molar-refractivity contribution in [3.8, 4) is 0 Å². The van der Waals surface area contributed by atoms with Gasteiger partial charge in [-0.15, -0.1) is 0 Å². The SMILES string of the molecule is O=C(CC12CC3CC(CC(C3)C1)C2)NC1CCc2cn[nH]c2C1. The summed E-state index contributed by atoms with van der Waals surface area (Å²) >= 11 is 0. The molecule has 124 valence electrons. The van der Waals surface area contributed by atoms with Gasteiger partial charge < -0.3 is 5.32 Å². The topological polar surface area (TPSA) is 57.8 Å². The Morgan fingerprint density at radius 1 is 1.22 bits per heavy atom. The Morgan fingerprint density at radius 2 is 1.91 bits per heavy atom. The predicted octanol–water partition coefficient (Wildman–Crippen LogP) is 2.99. The third-order valence-corrected chi connectivity index (χ3v) is 7.09. The number of amides is 1. The van der Waals surface area contributed by atoms with Crippen LogP contribution in [0.2, 0.25) is 0 Å². The number of rotatable bonds is 3. The first kappa shape index (κ1) is 14.1. The number of aryl methyl sites for hydroxylation is 1. The Hall–Kier alpha value is -1.32. The van der Waals surface area contributed by atoms with Gasteiger partial charge in [-0.1, -0.05) is 0 Å². The van der Waals surface area contributed by atoms with Gasteiger partial charge in [0.25, 0.3) is 0 Å². The van der Waals surface area contributed by atoms with Crippen LogP contribution in [0.1, 0.15) is 62.6 Å². The fourth-order valence-electron chi connectivity index (χ4n) is 6.66. The molecule has 2 N–H and O–H groups in total. The van der Waals surface area contributed by atoms with Gasteiger partial charge >= 0.3 is 0 Å². The van der Waals surface area contributed by atoms with Crippen LogP contribution in [0.3, 0.4) is 0 Å². The van der Waals surface area contributed by atoms with Crippen LogP contribution in [0.15, 0.2) is 6.20 Å². The molecule has 4 bridgehead atoms. The van der Waals surface area contributed by atoms with Crippen molar-refractivity contribution in [3.05, 3.63) is 17.5 Å². The largest absolute Gasteiger partial charge is 0.353 e. The van der Waals surface area contributed by atoms with Crippen LogP contribution >= 0.6 is 0 Å². The van der Waals surface area contributed by atoms with Gasteiger partial charge in [0.1, 0.15) is 0 Å². The van der Waals surface area contributed by atoms with E-state index in [-0.39, 0.29) is 0 Å². The van der Waals surface area contributed by atoms with Crippen molar-refractivity contribution in [1.82, 2.24) is 15.5 Å². The van der Waals surface area contributed by atoms with E-state index >= 15 is 0 Å². The van der Waals surface area contributed by atoms with E-state index in [0.717, 1.165) is 43.4 Å². The van der Waals surface area contributed by atoms with E-state index in [1.54, 1.807) is 0 Å². The van der Waals surface area contributed by atoms with Gasteiger partial charge in [0, 0.05) is 24.6 Å². The maximum absolute atomic E-state index is 12.7. The molecule has 5 aliphatic carbocycles. The molecule has 1 heterocycles. The van der Waals surface area contributed by atoms with Gasteiger partial charge in [0.2, 0.25) is 5.91 Å². The summed E-state index contributed by atoms with van der Waals surface area (Å²) in [6, 6.07) is 0.296. The molecular weight excluding hydrogens is 286 g/mol. The molecule has 5 aliphatic rings. The zero-order valence-electron chi connectivity index (χ0n) is 13.8. The summed E-state index contributed by atoms with van der Waals surface area (Å²) in [6.45, 7) is 0. The minimum absolute atomic E-state index is 0.296. The van der Waals surface area contributed by atoms with E-state index in [4.69, 9.17) is 0 Å². The fraction of sp³-hybridized carbons (Fsp3) is 0.789. The molecule has 1 aromatic rings. The first-order valence-electron chi connectivity index (χ1n) is 9.48. The van der Waals surface area contributed by atoms with Crippen LogP contribution in [0.4, 0.5) is 0 Å². The predicted molar refractivity (Wildman–Crippen MR) is 87.8 cm³/mol. The number of aromatic amines is 1. The maximum atomic E-state index is 12.7. The first-order valence-corrected chi connectivity index (χ1v) is 9.48. The molecule has 6 rings (SSSR count). The molecule has 0 radical (unpaired) electrons. The van der Waals surface area contributed by atoms with Crippen molar-refractivity contribution >= 4 is 5.91 Å². The number of carbonyl (C=O) groups excluding carboxylic acids is 1. The van der Waals surface area contributed by atoms with E-state index in [1.165, 1.54) is 49.8 Å². The van der Waals surface area contributed by atoms with E-state index in [2.05, 4.69) is 15.5 Å². The van der Waals surface area contributed by atoms with Crippen LogP contribution in [-0.4, -0.2) is 22.1 Å². The van der Waals surface area contributed by atoms with E-state index in [9.17, 15) is 4.79 Å². The Bertz CT molecular complexity index is 585. The number of hydrogen-bond donors (Lipinski definition) is 2. The number of fused-ring (bicyclic) bond motifs is 1. The smallest absolute Gasteiger partial charge is 0.220 e. The molecule has 4 fully saturated rings. The van der Waals surface area contributed by atoms with E-state index in [0.29, 0.717) is 17.4 Å². The summed E-state index contributed by atoms with van der Waals surface area (Å²) < 4.78 is 0. The quantitative estimate of drug-likeness (QED) is 0.901. The Morgan fingerprint density at radius 3 is 2.61 bits per heavy atom. The normalized spacial score (nSPS) is 40.9. The van der Waals surface area contributed by atoms with Crippen LogP contribution in [-0.2, 0) is 17.6 Å². The van der Waals surface area contributed by atoms with Crippen molar-refractivity contribution in [2.24, 2.45) is 23.2 Å². The lowest BCUT2D eigenvalue weighted by Gasteiger charge is -2.56. The zero-order chi connectivity index (χ0) is 15.4. The molecule has 0 aliphatic heterocycles. The van der Waals surface area contributed by atoms with Crippen molar-refractivity contribution in [2.75, 3.05) is 0 Å². The minimum atomic E-state index is 0.296. The fourth-order valence-corrected chi connectivity index (χ4v) is 6.66. The number of nitrogens with one attached hydrogen (secondary N) is 2. The molecule has 1 atom stereocenters. The highest BCUT2D eigenvalue weighted by Crippen LogP contribution is 2.61. The van der Waals surface area contributed by atoms with Gasteiger partial charge in [-0.05, 0) is 80.1 Å². The molecule has 1 unspecified atom stereocenters. The highest BCUT2D eigenvalue weighted by Gasteiger charge is 2.51. The van der Waals surface area contributed by atoms with Gasteiger partial charge in [-0.3, -0.25) is 9.89 Å². The molecule has 0 spiro atoms. The van der Waals surface area contributed by atoms with E-state index < -0.39 is 0 Å². The van der Waals surface area contributed by atoms with Crippen LogP contribution < -0.4 is 5.32 Å². The summed E-state index contributed by atoms with van der Waals surface area (Å²) in [5, 5.41) is 10.6. The van der Waals surface area contributed by atoms with Crippen molar-refractivity contribution < 1.29 is 4.79 Å². The number of hydrogen-bond acceptors (Lipinski definition) is 2. The first-order chi connectivity index (χ1) is 11.2. The van der Waals surface area contributed by atoms with Gasteiger partial charge in [0.15, 0.2) is 0 Å². The minimum Gasteiger partial charge on any atom is -0.353 e. The highest BCUT2D eigenvalue weighted by molar-refractivity contribution is 5.77. The van der Waals surface area contributed by atoms with E-state index in [1.807, 2.05) is 6.20 Å². The summed E-state index contributed by atoms with van der Waals surface area (Å²) in [5.41, 5.74) is 2.90. The second kappa shape index (κ2) is 5.09. The van der Waals surface area contributed by atoms with Crippen LogP contribution in [0, 0.1) is 23.2 Å². The molecule has 4 nitrogen and oxygen atoms in total. The molecule has 1 amide bonds. The molecule has 1 aromatic heterocycles. The third kappa shape index (κ3) is 2.50. The van der Waals surface area contributed by atoms with Crippen molar-refractivity contribution in [2.45, 2.75) is 70.3 Å². The summed E-state index contributed by atoms with van der Waals surface area (Å²) in [4.78, 5) is 12.7. The maximum Gasteiger partial charge on any atom is 0.220 e. The average molecular weight is 313 g/mol. The number of nitrogens with zero attached hydrogens (tertiary/aromatic N) is 1. The third-order valence-electron chi connectivity index (χ3n) is 7.09. The van der Waals surface area contributed by atoms with Crippen molar-refractivity contribution in [1.29, 1.82) is 0 Å². The van der Waals surface area contributed by atoms with Gasteiger partial charge in [0.05, 0.1) is 6.20 Å². The molecule has 23 heavy (non-hydrogen) atoms. The molecule has 4 saturated carbocycles. The lowest BCUT2D eigenvalue weighted by atomic mass is 9.49. The second-order valence-electron chi connectivity index (χ2n) is 8.98. The number of aromatic nitrogens is 2. The molecule has 0 saturated heterocycles. The lowest BCUT2D eigenvalue weighted by molar-refractivity contribution is -0.130. The van der Waals surface area contributed by atoms with Crippen LogP contribution in [0.25, 0.3) is 0 Å². The summed E-state index contributed by atoms with van der Waals surface area (Å²) in [6.07, 6.45) is 14.0. The Balaban J connectivity index is 1.23. The molecular formula is C19H27N3O. The number of carbonyl (C=O) groups is 1. The summed E-state index contributed by atoms with van der Waals surface area (Å²) in [5.74, 6) is 3.09. The Labute approximate surface area is 137 Å². The monoisotopic (exact) mass is 313 g/mol. The standard InChI is InChI=1S/C19H27N3O/c23-18(21-16-2-1-15-11-20-22-17(15)6-16)10-19-7-12-3-13(8-19)5-14(4-12)9-19/h11-14,16H,1-10H2,(H,20,22)(H,21,23). The van der Waals surface area contributed by atoms with Gasteiger partial charge in [-0.25, -0.2) is 0 Å². The second-order valence-corrected chi connectivity index (χ2v) is 8.98. The molecule has 4 heteroatoms. The summed E-state index contributed by atoms with van der Waals surface area (Å²) in [7, 11) is 0.